The lowest BCUT2D eigenvalue weighted by atomic mass is 10.1. The van der Waals surface area contributed by atoms with E-state index in [4.69, 9.17) is 10.2 Å². The number of furan rings is 1. The van der Waals surface area contributed by atoms with E-state index in [1.54, 1.807) is 36.6 Å². The molecule has 0 fully saturated rings. The number of primary amides is 1. The zero-order valence-corrected chi connectivity index (χ0v) is 12.0. The van der Waals surface area contributed by atoms with Crippen molar-refractivity contribution in [2.75, 3.05) is 0 Å². The number of hydrogen-bond acceptors (Lipinski definition) is 4. The molecule has 21 heavy (non-hydrogen) atoms. The van der Waals surface area contributed by atoms with Crippen molar-refractivity contribution in [3.63, 3.8) is 0 Å². The molecule has 1 heterocycles. The van der Waals surface area contributed by atoms with Crippen LogP contribution in [0.1, 0.15) is 41.1 Å². The third kappa shape index (κ3) is 4.44. The van der Waals surface area contributed by atoms with Gasteiger partial charge in [-0.1, -0.05) is 12.1 Å². The number of carbonyl (C=O) groups excluding carboxylic acids is 1. The molecular formula is C16H20N2O3. The number of amides is 1. The SMILES string of the molecule is CC(CC(O)c1ccco1)NCc1cccc(C(N)=O)c1. The molecule has 0 bridgehead atoms. The summed E-state index contributed by atoms with van der Waals surface area (Å²) in [7, 11) is 0. The van der Waals surface area contributed by atoms with Gasteiger partial charge in [-0.3, -0.25) is 4.79 Å². The van der Waals surface area contributed by atoms with Gasteiger partial charge in [0, 0.05) is 18.2 Å². The fourth-order valence-corrected chi connectivity index (χ4v) is 2.14. The van der Waals surface area contributed by atoms with E-state index in [1.165, 1.54) is 0 Å². The van der Waals surface area contributed by atoms with Crippen LogP contribution in [-0.4, -0.2) is 17.1 Å². The first-order valence-corrected chi connectivity index (χ1v) is 6.90. The average Bonchev–Trinajstić information content (AvgIpc) is 2.99. The molecule has 0 aliphatic carbocycles. The fourth-order valence-electron chi connectivity index (χ4n) is 2.14. The van der Waals surface area contributed by atoms with Crippen LogP contribution in [0.25, 0.3) is 0 Å². The monoisotopic (exact) mass is 288 g/mol. The Morgan fingerprint density at radius 1 is 1.38 bits per heavy atom. The zero-order chi connectivity index (χ0) is 15.2. The standard InChI is InChI=1S/C16H20N2O3/c1-11(8-14(19)15-6-3-7-21-15)18-10-12-4-2-5-13(9-12)16(17)20/h2-7,9,11,14,18-19H,8,10H2,1H3,(H2,17,20). The van der Waals surface area contributed by atoms with Crippen molar-refractivity contribution in [1.29, 1.82) is 0 Å². The van der Waals surface area contributed by atoms with Gasteiger partial charge in [-0.15, -0.1) is 0 Å². The van der Waals surface area contributed by atoms with Gasteiger partial charge >= 0.3 is 0 Å². The number of carbonyl (C=O) groups is 1. The van der Waals surface area contributed by atoms with Crippen LogP contribution < -0.4 is 11.1 Å². The van der Waals surface area contributed by atoms with Crippen molar-refractivity contribution in [1.82, 2.24) is 5.32 Å². The summed E-state index contributed by atoms with van der Waals surface area (Å²) in [5, 5.41) is 13.3. The average molecular weight is 288 g/mol. The van der Waals surface area contributed by atoms with Crippen molar-refractivity contribution in [2.24, 2.45) is 5.73 Å². The molecule has 2 rings (SSSR count). The molecule has 5 heteroatoms. The molecule has 1 aromatic carbocycles. The molecule has 0 aliphatic rings. The second kappa shape index (κ2) is 7.06. The number of hydrogen-bond donors (Lipinski definition) is 3. The molecule has 5 nitrogen and oxygen atoms in total. The highest BCUT2D eigenvalue weighted by molar-refractivity contribution is 5.92. The molecule has 2 aromatic rings. The second-order valence-electron chi connectivity index (χ2n) is 5.11. The Balaban J connectivity index is 1.85. The van der Waals surface area contributed by atoms with E-state index >= 15 is 0 Å². The fraction of sp³-hybridized carbons (Fsp3) is 0.312. The van der Waals surface area contributed by atoms with Crippen molar-refractivity contribution in [3.8, 4) is 0 Å². The Kier molecular flexibility index (Phi) is 5.14. The first kappa shape index (κ1) is 15.3. The van der Waals surface area contributed by atoms with Gasteiger partial charge in [0.1, 0.15) is 11.9 Å². The van der Waals surface area contributed by atoms with Crippen molar-refractivity contribution in [2.45, 2.75) is 32.0 Å². The summed E-state index contributed by atoms with van der Waals surface area (Å²) in [6.07, 6.45) is 1.47. The Labute approximate surface area is 123 Å². The Hall–Kier alpha value is -2.11. The molecule has 2 atom stereocenters. The van der Waals surface area contributed by atoms with E-state index in [-0.39, 0.29) is 6.04 Å². The van der Waals surface area contributed by atoms with Gasteiger partial charge in [-0.05, 0) is 43.2 Å². The van der Waals surface area contributed by atoms with Crippen LogP contribution in [-0.2, 0) is 6.54 Å². The van der Waals surface area contributed by atoms with E-state index < -0.39 is 12.0 Å². The van der Waals surface area contributed by atoms with Crippen molar-refractivity contribution in [3.05, 3.63) is 59.5 Å². The quantitative estimate of drug-likeness (QED) is 0.727. The molecule has 4 N–H and O–H groups in total. The third-order valence-corrected chi connectivity index (χ3v) is 3.31. The first-order valence-electron chi connectivity index (χ1n) is 6.90. The molecule has 0 radical (unpaired) electrons. The van der Waals surface area contributed by atoms with Crippen LogP contribution in [0.2, 0.25) is 0 Å². The molecule has 2 unspecified atom stereocenters. The molecule has 1 amide bonds. The first-order chi connectivity index (χ1) is 10.1. The second-order valence-corrected chi connectivity index (χ2v) is 5.11. The van der Waals surface area contributed by atoms with Gasteiger partial charge in [0.2, 0.25) is 5.91 Å². The third-order valence-electron chi connectivity index (χ3n) is 3.31. The number of nitrogens with one attached hydrogen (secondary N) is 1. The van der Waals surface area contributed by atoms with Crippen LogP contribution in [0.4, 0.5) is 0 Å². The number of rotatable bonds is 7. The van der Waals surface area contributed by atoms with Crippen molar-refractivity contribution < 1.29 is 14.3 Å². The minimum absolute atomic E-state index is 0.0994. The topological polar surface area (TPSA) is 88.5 Å². The molecule has 1 aromatic heterocycles. The smallest absolute Gasteiger partial charge is 0.248 e. The summed E-state index contributed by atoms with van der Waals surface area (Å²) < 4.78 is 5.17. The summed E-state index contributed by atoms with van der Waals surface area (Å²) in [5.74, 6) is 0.137. The highest BCUT2D eigenvalue weighted by Crippen LogP contribution is 2.18. The van der Waals surface area contributed by atoms with Gasteiger partial charge in [0.05, 0.1) is 6.26 Å². The summed E-state index contributed by atoms with van der Waals surface area (Å²) >= 11 is 0. The van der Waals surface area contributed by atoms with Crippen LogP contribution in [0.3, 0.4) is 0 Å². The number of aliphatic hydroxyl groups is 1. The van der Waals surface area contributed by atoms with Gasteiger partial charge in [-0.2, -0.15) is 0 Å². The molecule has 0 saturated carbocycles. The Morgan fingerprint density at radius 3 is 2.86 bits per heavy atom. The Morgan fingerprint density at radius 2 is 2.19 bits per heavy atom. The maximum Gasteiger partial charge on any atom is 0.248 e. The van der Waals surface area contributed by atoms with E-state index in [9.17, 15) is 9.90 Å². The maximum atomic E-state index is 11.1. The highest BCUT2D eigenvalue weighted by Gasteiger charge is 2.14. The molecule has 0 saturated heterocycles. The predicted molar refractivity (Wildman–Crippen MR) is 79.5 cm³/mol. The maximum absolute atomic E-state index is 11.1. The molecule has 0 spiro atoms. The van der Waals surface area contributed by atoms with Crippen LogP contribution in [0.5, 0.6) is 0 Å². The normalized spacial score (nSPS) is 13.8. The summed E-state index contributed by atoms with van der Waals surface area (Å²) in [5.41, 5.74) is 6.73. The number of nitrogens with two attached hydrogens (primary N) is 1. The Bertz CT molecular complexity index is 581. The predicted octanol–water partition coefficient (Wildman–Crippen LogP) is 1.98. The highest BCUT2D eigenvalue weighted by atomic mass is 16.4. The lowest BCUT2D eigenvalue weighted by Crippen LogP contribution is -2.27. The summed E-state index contributed by atoms with van der Waals surface area (Å²) in [6, 6.07) is 10.8. The molecule has 112 valence electrons. The summed E-state index contributed by atoms with van der Waals surface area (Å²) in [4.78, 5) is 11.1. The molecular weight excluding hydrogens is 268 g/mol. The van der Waals surface area contributed by atoms with Crippen LogP contribution >= 0.6 is 0 Å². The van der Waals surface area contributed by atoms with Gasteiger partial charge in [0.25, 0.3) is 0 Å². The molecule has 0 aliphatic heterocycles. The van der Waals surface area contributed by atoms with E-state index in [0.29, 0.717) is 24.3 Å². The van der Waals surface area contributed by atoms with E-state index in [2.05, 4.69) is 5.32 Å². The number of benzene rings is 1. The zero-order valence-electron chi connectivity index (χ0n) is 12.0. The minimum Gasteiger partial charge on any atom is -0.467 e. The lowest BCUT2D eigenvalue weighted by molar-refractivity contribution is 0.1000. The van der Waals surface area contributed by atoms with E-state index in [1.807, 2.05) is 13.0 Å². The van der Waals surface area contributed by atoms with Gasteiger partial charge in [0.15, 0.2) is 0 Å². The van der Waals surface area contributed by atoms with Crippen LogP contribution in [0.15, 0.2) is 47.1 Å². The lowest BCUT2D eigenvalue weighted by Gasteiger charge is -2.17. The van der Waals surface area contributed by atoms with Crippen molar-refractivity contribution >= 4 is 5.91 Å². The largest absolute Gasteiger partial charge is 0.467 e. The van der Waals surface area contributed by atoms with Gasteiger partial charge in [-0.25, -0.2) is 0 Å². The minimum atomic E-state index is -0.626. The van der Waals surface area contributed by atoms with E-state index in [0.717, 1.165) is 5.56 Å². The number of aliphatic hydroxyl groups excluding tert-OH is 1. The van der Waals surface area contributed by atoms with Gasteiger partial charge < -0.3 is 20.6 Å². The van der Waals surface area contributed by atoms with Crippen LogP contribution in [0, 0.1) is 0 Å². The summed E-state index contributed by atoms with van der Waals surface area (Å²) in [6.45, 7) is 2.59.